The van der Waals surface area contributed by atoms with Gasteiger partial charge in [-0.1, -0.05) is 12.0 Å². The summed E-state index contributed by atoms with van der Waals surface area (Å²) in [6.45, 7) is 16.4. The number of hydrogen-bond acceptors (Lipinski definition) is 8. The van der Waals surface area contributed by atoms with Crippen LogP contribution in [0.2, 0.25) is 0 Å². The molecule has 2 aliphatic heterocycles. The number of esters is 2. The highest BCUT2D eigenvalue weighted by Gasteiger charge is 2.43. The van der Waals surface area contributed by atoms with Crippen molar-refractivity contribution in [1.29, 1.82) is 0 Å². The SMILES string of the molecule is C=CC1(C(=O)OC)CCN(C(=O)OC(C)(C)C)CC1.COC(=O)C1(C#CCl)CCN(C(=O)OC(C)(C)C)CC1. The molecule has 0 aliphatic carbocycles. The highest BCUT2D eigenvalue weighted by atomic mass is 35.5. The average molecular weight is 571 g/mol. The van der Waals surface area contributed by atoms with Gasteiger partial charge in [0.2, 0.25) is 0 Å². The van der Waals surface area contributed by atoms with Gasteiger partial charge in [-0.2, -0.15) is 0 Å². The number of ether oxygens (including phenoxy) is 4. The zero-order chi connectivity index (χ0) is 30.1. The predicted molar refractivity (Wildman–Crippen MR) is 147 cm³/mol. The largest absolute Gasteiger partial charge is 0.468 e. The van der Waals surface area contributed by atoms with Gasteiger partial charge in [0, 0.05) is 31.6 Å². The van der Waals surface area contributed by atoms with Gasteiger partial charge in [0.15, 0.2) is 0 Å². The monoisotopic (exact) mass is 570 g/mol. The number of methoxy groups -OCH3 is 2. The second-order valence-corrected chi connectivity index (χ2v) is 11.8. The molecule has 10 nitrogen and oxygen atoms in total. The molecule has 220 valence electrons. The molecule has 0 atom stereocenters. The number of amides is 2. The lowest BCUT2D eigenvalue weighted by atomic mass is 9.78. The fourth-order valence-corrected chi connectivity index (χ4v) is 4.35. The Morgan fingerprint density at radius 1 is 0.769 bits per heavy atom. The van der Waals surface area contributed by atoms with Crippen molar-refractivity contribution in [2.45, 2.75) is 78.4 Å². The standard InChI is InChI=1S/C14H20ClNO4.C14H23NO4/c1-13(2,3)20-12(18)16-9-6-14(5-8-15,7-10-16)11(17)19-4;1-6-14(11(16)18-5)7-9-15(10-8-14)12(17)19-13(2,3)4/h6-7,9-10H2,1-4H3;6H,1,7-10H2,2-5H3. The van der Waals surface area contributed by atoms with Crippen LogP contribution in [0.3, 0.4) is 0 Å². The minimum absolute atomic E-state index is 0.286. The fraction of sp³-hybridized carbons (Fsp3) is 0.714. The van der Waals surface area contributed by atoms with Crippen LogP contribution in [0.5, 0.6) is 0 Å². The van der Waals surface area contributed by atoms with Crippen molar-refractivity contribution >= 4 is 35.7 Å². The molecule has 11 heteroatoms. The number of carbonyl (C=O) groups excluding carboxylic acids is 4. The third kappa shape index (κ3) is 9.95. The molecule has 39 heavy (non-hydrogen) atoms. The smallest absolute Gasteiger partial charge is 0.410 e. The molecular weight excluding hydrogens is 528 g/mol. The topological polar surface area (TPSA) is 112 Å². The number of nitrogens with zero attached hydrogens (tertiary/aromatic N) is 2. The van der Waals surface area contributed by atoms with Crippen molar-refractivity contribution in [3.63, 3.8) is 0 Å². The lowest BCUT2D eigenvalue weighted by Crippen LogP contribution is -2.47. The van der Waals surface area contributed by atoms with E-state index in [4.69, 9.17) is 30.5 Å². The summed E-state index contributed by atoms with van der Waals surface area (Å²) in [5.41, 5.74) is -2.64. The summed E-state index contributed by atoms with van der Waals surface area (Å²) < 4.78 is 20.2. The summed E-state index contributed by atoms with van der Waals surface area (Å²) in [4.78, 5) is 50.7. The molecule has 2 saturated heterocycles. The van der Waals surface area contributed by atoms with Gasteiger partial charge in [0.25, 0.3) is 0 Å². The van der Waals surface area contributed by atoms with Crippen LogP contribution in [-0.4, -0.2) is 85.5 Å². The summed E-state index contributed by atoms with van der Waals surface area (Å²) in [7, 11) is 2.69. The normalized spacial score (nSPS) is 18.2. The van der Waals surface area contributed by atoms with E-state index in [1.54, 1.807) is 15.9 Å². The third-order valence-electron chi connectivity index (χ3n) is 6.42. The molecule has 0 saturated carbocycles. The molecule has 0 spiro atoms. The van der Waals surface area contributed by atoms with Crippen molar-refractivity contribution in [2.75, 3.05) is 40.4 Å². The van der Waals surface area contributed by atoms with Crippen LogP contribution in [0.15, 0.2) is 12.7 Å². The van der Waals surface area contributed by atoms with E-state index < -0.39 is 28.0 Å². The Balaban J connectivity index is 0.000000391. The number of carbonyl (C=O) groups is 4. The van der Waals surface area contributed by atoms with Gasteiger partial charge >= 0.3 is 24.1 Å². The van der Waals surface area contributed by atoms with E-state index in [1.165, 1.54) is 14.2 Å². The van der Waals surface area contributed by atoms with Gasteiger partial charge in [-0.25, -0.2) is 9.59 Å². The second-order valence-electron chi connectivity index (χ2n) is 11.6. The molecule has 0 aromatic rings. The van der Waals surface area contributed by atoms with Crippen molar-refractivity contribution in [2.24, 2.45) is 10.8 Å². The Hall–Kier alpha value is -2.93. The number of likely N-dealkylation sites (tertiary alicyclic amines) is 2. The van der Waals surface area contributed by atoms with E-state index in [0.717, 1.165) is 0 Å². The minimum Gasteiger partial charge on any atom is -0.468 e. The molecule has 0 radical (unpaired) electrons. The van der Waals surface area contributed by atoms with E-state index in [9.17, 15) is 19.2 Å². The van der Waals surface area contributed by atoms with Crippen LogP contribution in [-0.2, 0) is 28.5 Å². The summed E-state index contributed by atoms with van der Waals surface area (Å²) >= 11 is 5.44. The van der Waals surface area contributed by atoms with Gasteiger partial charge in [0.05, 0.1) is 19.6 Å². The van der Waals surface area contributed by atoms with Gasteiger partial charge < -0.3 is 28.7 Å². The maximum Gasteiger partial charge on any atom is 0.410 e. The average Bonchev–Trinajstić information content (AvgIpc) is 2.86. The molecular formula is C28H43ClN2O8. The molecule has 0 unspecified atom stereocenters. The zero-order valence-corrected chi connectivity index (χ0v) is 25.2. The van der Waals surface area contributed by atoms with Gasteiger partial charge in [-0.3, -0.25) is 9.59 Å². The molecule has 2 amide bonds. The lowest BCUT2D eigenvalue weighted by molar-refractivity contribution is -0.152. The third-order valence-corrected chi connectivity index (χ3v) is 6.52. The fourth-order valence-electron chi connectivity index (χ4n) is 4.17. The molecule has 0 bridgehead atoms. The molecule has 0 N–H and O–H groups in total. The molecule has 2 rings (SSSR count). The van der Waals surface area contributed by atoms with Gasteiger partial charge in [0.1, 0.15) is 16.6 Å². The minimum atomic E-state index is -0.922. The Bertz CT molecular complexity index is 955. The highest BCUT2D eigenvalue weighted by Crippen LogP contribution is 2.35. The van der Waals surface area contributed by atoms with Crippen LogP contribution in [0, 0.1) is 22.1 Å². The van der Waals surface area contributed by atoms with E-state index >= 15 is 0 Å². The first-order chi connectivity index (χ1) is 18.0. The second kappa shape index (κ2) is 13.9. The number of hydrogen-bond donors (Lipinski definition) is 0. The van der Waals surface area contributed by atoms with Crippen LogP contribution in [0.25, 0.3) is 0 Å². The van der Waals surface area contributed by atoms with Crippen LogP contribution >= 0.6 is 11.6 Å². The van der Waals surface area contributed by atoms with E-state index in [2.05, 4.69) is 17.9 Å². The first-order valence-electron chi connectivity index (χ1n) is 12.9. The summed E-state index contributed by atoms with van der Waals surface area (Å²) in [6.07, 6.45) is 2.72. The van der Waals surface area contributed by atoms with Crippen molar-refractivity contribution in [3.05, 3.63) is 12.7 Å². The quantitative estimate of drug-likeness (QED) is 0.207. The molecule has 2 fully saturated rings. The number of piperidine rings is 2. The van der Waals surface area contributed by atoms with Crippen molar-refractivity contribution in [1.82, 2.24) is 9.80 Å². The first-order valence-corrected chi connectivity index (χ1v) is 13.2. The number of halogens is 1. The highest BCUT2D eigenvalue weighted by molar-refractivity contribution is 6.30. The Morgan fingerprint density at radius 2 is 1.15 bits per heavy atom. The van der Waals surface area contributed by atoms with E-state index in [1.807, 2.05) is 41.5 Å². The lowest BCUT2D eigenvalue weighted by Gasteiger charge is -2.38. The molecule has 0 aromatic heterocycles. The molecule has 2 heterocycles. The van der Waals surface area contributed by atoms with Crippen LogP contribution in [0.4, 0.5) is 9.59 Å². The maximum absolute atomic E-state index is 11.9. The Kier molecular flexibility index (Phi) is 12.2. The first kappa shape index (κ1) is 34.1. The zero-order valence-electron chi connectivity index (χ0n) is 24.5. The van der Waals surface area contributed by atoms with E-state index in [0.29, 0.717) is 51.9 Å². The van der Waals surface area contributed by atoms with Gasteiger partial charge in [-0.05, 0) is 78.8 Å². The molecule has 0 aromatic carbocycles. The van der Waals surface area contributed by atoms with Gasteiger partial charge in [-0.15, -0.1) is 6.58 Å². The Labute approximate surface area is 237 Å². The molecule has 2 aliphatic rings. The maximum atomic E-state index is 11.9. The van der Waals surface area contributed by atoms with Crippen LogP contribution < -0.4 is 0 Å². The van der Waals surface area contributed by atoms with Crippen molar-refractivity contribution < 1.29 is 38.1 Å². The number of rotatable bonds is 3. The van der Waals surface area contributed by atoms with Crippen molar-refractivity contribution in [3.8, 4) is 11.3 Å². The van der Waals surface area contributed by atoms with E-state index in [-0.39, 0.29) is 18.2 Å². The van der Waals surface area contributed by atoms with Crippen LogP contribution in [0.1, 0.15) is 67.2 Å². The predicted octanol–water partition coefficient (Wildman–Crippen LogP) is 4.74. The summed E-state index contributed by atoms with van der Waals surface area (Å²) in [5, 5.41) is 2.26. The summed E-state index contributed by atoms with van der Waals surface area (Å²) in [5.74, 6) is 2.02. The summed E-state index contributed by atoms with van der Waals surface area (Å²) in [6, 6.07) is 0. The Morgan fingerprint density at radius 3 is 1.46 bits per heavy atom.